The molecule has 18 heavy (non-hydrogen) atoms. The average molecular weight is 266 g/mol. The second kappa shape index (κ2) is 5.10. The maximum Gasteiger partial charge on any atom is 0.236 e. The van der Waals surface area contributed by atoms with Crippen LogP contribution in [0, 0.1) is 6.92 Å². The summed E-state index contributed by atoms with van der Waals surface area (Å²) in [6, 6.07) is 5.57. The van der Waals surface area contributed by atoms with E-state index >= 15 is 0 Å². The van der Waals surface area contributed by atoms with E-state index in [1.165, 1.54) is 0 Å². The van der Waals surface area contributed by atoms with E-state index in [0.717, 1.165) is 18.4 Å². The molecule has 0 aromatic heterocycles. The number of rotatable bonds is 4. The number of amides is 1. The van der Waals surface area contributed by atoms with E-state index < -0.39 is 16.0 Å². The number of nitrogens with one attached hydrogen (secondary N) is 1. The second-order valence-electron chi connectivity index (χ2n) is 4.75. The van der Waals surface area contributed by atoms with E-state index in [1.54, 1.807) is 19.1 Å². The highest BCUT2D eigenvalue weighted by molar-refractivity contribution is 7.86. The number of hydrogen-bond acceptors (Lipinski definition) is 3. The molecule has 2 atom stereocenters. The lowest BCUT2D eigenvalue weighted by Crippen LogP contribution is -2.36. The quantitative estimate of drug-likeness (QED) is 0.808. The molecule has 98 valence electrons. The van der Waals surface area contributed by atoms with Crippen molar-refractivity contribution in [1.82, 2.24) is 5.32 Å². The third kappa shape index (κ3) is 2.90. The summed E-state index contributed by atoms with van der Waals surface area (Å²) in [5.74, 6) is -0.141. The van der Waals surface area contributed by atoms with Crippen LogP contribution in [0.1, 0.15) is 25.3 Å². The van der Waals surface area contributed by atoms with Gasteiger partial charge in [0.2, 0.25) is 5.91 Å². The van der Waals surface area contributed by atoms with Crippen LogP contribution in [-0.2, 0) is 15.6 Å². The second-order valence-corrected chi connectivity index (χ2v) is 6.49. The first-order chi connectivity index (χ1) is 8.49. The van der Waals surface area contributed by atoms with Crippen molar-refractivity contribution in [3.63, 3.8) is 0 Å². The Bertz CT molecular complexity index is 498. The number of nitrogens with two attached hydrogens (primary N) is 1. The molecule has 2 rings (SSSR count). The Morgan fingerprint density at radius 2 is 2.17 bits per heavy atom. The molecule has 0 bridgehead atoms. The van der Waals surface area contributed by atoms with Crippen LogP contribution in [0.3, 0.4) is 0 Å². The molecule has 1 aromatic carbocycles. The van der Waals surface area contributed by atoms with Crippen molar-refractivity contribution in [3.8, 4) is 0 Å². The molecule has 2 unspecified atom stereocenters. The van der Waals surface area contributed by atoms with Crippen molar-refractivity contribution in [3.05, 3.63) is 23.8 Å². The van der Waals surface area contributed by atoms with Gasteiger partial charge < -0.3 is 11.1 Å². The Morgan fingerprint density at radius 3 is 2.78 bits per heavy atom. The van der Waals surface area contributed by atoms with Crippen LogP contribution in [-0.4, -0.2) is 21.4 Å². The molecule has 0 radical (unpaired) electrons. The molecule has 0 saturated heterocycles. The van der Waals surface area contributed by atoms with Crippen LogP contribution in [0.25, 0.3) is 0 Å². The lowest BCUT2D eigenvalue weighted by atomic mass is 10.2. The van der Waals surface area contributed by atoms with Crippen molar-refractivity contribution >= 4 is 22.4 Å². The standard InChI is InChI=1S/C13H18N2O2S/c1-8-3-4-10(14)7-12(8)18(17)9(2)13(16)15-11-5-6-11/h3-4,7,9,11H,5-6,14H2,1-2H3,(H,15,16). The van der Waals surface area contributed by atoms with E-state index in [-0.39, 0.29) is 5.91 Å². The topological polar surface area (TPSA) is 72.2 Å². The summed E-state index contributed by atoms with van der Waals surface area (Å²) < 4.78 is 12.4. The van der Waals surface area contributed by atoms with Gasteiger partial charge in [-0.15, -0.1) is 0 Å². The van der Waals surface area contributed by atoms with Crippen molar-refractivity contribution in [2.45, 2.75) is 42.9 Å². The maximum atomic E-state index is 12.4. The number of benzene rings is 1. The monoisotopic (exact) mass is 266 g/mol. The van der Waals surface area contributed by atoms with Gasteiger partial charge in [-0.25, -0.2) is 0 Å². The van der Waals surface area contributed by atoms with Gasteiger partial charge in [0.1, 0.15) is 5.25 Å². The van der Waals surface area contributed by atoms with Gasteiger partial charge >= 0.3 is 0 Å². The molecule has 1 aliphatic carbocycles. The summed E-state index contributed by atoms with van der Waals surface area (Å²) in [6.45, 7) is 3.56. The summed E-state index contributed by atoms with van der Waals surface area (Å²) in [5, 5.41) is 2.33. The molecule has 4 nitrogen and oxygen atoms in total. The van der Waals surface area contributed by atoms with Crippen molar-refractivity contribution in [1.29, 1.82) is 0 Å². The molecule has 3 N–H and O–H groups in total. The van der Waals surface area contributed by atoms with E-state index in [4.69, 9.17) is 5.73 Å². The minimum atomic E-state index is -1.36. The predicted molar refractivity (Wildman–Crippen MR) is 72.6 cm³/mol. The number of aryl methyl sites for hydroxylation is 1. The van der Waals surface area contributed by atoms with Gasteiger partial charge in [0, 0.05) is 16.6 Å². The summed E-state index contributed by atoms with van der Waals surface area (Å²) in [4.78, 5) is 12.5. The highest BCUT2D eigenvalue weighted by atomic mass is 32.2. The van der Waals surface area contributed by atoms with Gasteiger partial charge in [0.25, 0.3) is 0 Å². The number of carbonyl (C=O) groups is 1. The van der Waals surface area contributed by atoms with Gasteiger partial charge in [-0.2, -0.15) is 0 Å². The summed E-state index contributed by atoms with van der Waals surface area (Å²) in [7, 11) is -1.36. The fourth-order valence-corrected chi connectivity index (χ4v) is 2.95. The zero-order valence-corrected chi connectivity index (χ0v) is 11.4. The number of hydrogen-bond donors (Lipinski definition) is 2. The highest BCUT2D eigenvalue weighted by Crippen LogP contribution is 2.22. The third-order valence-electron chi connectivity index (χ3n) is 3.04. The van der Waals surface area contributed by atoms with E-state index in [2.05, 4.69) is 5.32 Å². The number of nitrogen functional groups attached to an aromatic ring is 1. The fraction of sp³-hybridized carbons (Fsp3) is 0.462. The number of carbonyl (C=O) groups excluding carboxylic acids is 1. The average Bonchev–Trinajstić information content (AvgIpc) is 3.14. The molecule has 1 aliphatic rings. The van der Waals surface area contributed by atoms with Gasteiger partial charge in [0.15, 0.2) is 0 Å². The van der Waals surface area contributed by atoms with Crippen LogP contribution in [0.5, 0.6) is 0 Å². The molecule has 1 aromatic rings. The lowest BCUT2D eigenvalue weighted by Gasteiger charge is -2.13. The van der Waals surface area contributed by atoms with Crippen LogP contribution < -0.4 is 11.1 Å². The molecule has 0 aliphatic heterocycles. The van der Waals surface area contributed by atoms with Gasteiger partial charge in [-0.05, 0) is 44.4 Å². The summed E-state index contributed by atoms with van der Waals surface area (Å²) in [6.07, 6.45) is 2.06. The fourth-order valence-electron chi connectivity index (χ4n) is 1.67. The molecular weight excluding hydrogens is 248 g/mol. The van der Waals surface area contributed by atoms with Gasteiger partial charge in [0.05, 0.1) is 10.8 Å². The Labute approximate surface area is 109 Å². The van der Waals surface area contributed by atoms with E-state index in [9.17, 15) is 9.00 Å². The van der Waals surface area contributed by atoms with Crippen molar-refractivity contribution in [2.24, 2.45) is 0 Å². The third-order valence-corrected chi connectivity index (χ3v) is 4.77. The molecule has 0 heterocycles. The predicted octanol–water partition coefficient (Wildman–Crippen LogP) is 1.35. The van der Waals surface area contributed by atoms with Crippen molar-refractivity contribution < 1.29 is 9.00 Å². The molecule has 1 amide bonds. The van der Waals surface area contributed by atoms with Gasteiger partial charge in [-0.1, -0.05) is 6.07 Å². The molecular formula is C13H18N2O2S. The minimum Gasteiger partial charge on any atom is -0.399 e. The smallest absolute Gasteiger partial charge is 0.236 e. The molecule has 1 fully saturated rings. The van der Waals surface area contributed by atoms with Crippen LogP contribution in [0.15, 0.2) is 23.1 Å². The Morgan fingerprint density at radius 1 is 1.50 bits per heavy atom. The van der Waals surface area contributed by atoms with Crippen LogP contribution in [0.4, 0.5) is 5.69 Å². The largest absolute Gasteiger partial charge is 0.399 e. The summed E-state index contributed by atoms with van der Waals surface area (Å²) in [5.41, 5.74) is 7.16. The van der Waals surface area contributed by atoms with Crippen LogP contribution in [0.2, 0.25) is 0 Å². The van der Waals surface area contributed by atoms with Crippen LogP contribution >= 0.6 is 0 Å². The minimum absolute atomic E-state index is 0.141. The normalized spacial score (nSPS) is 18.1. The Balaban J connectivity index is 2.13. The first-order valence-corrected chi connectivity index (χ1v) is 7.27. The van der Waals surface area contributed by atoms with Gasteiger partial charge in [-0.3, -0.25) is 9.00 Å². The lowest BCUT2D eigenvalue weighted by molar-refractivity contribution is -0.120. The molecule has 5 heteroatoms. The maximum absolute atomic E-state index is 12.4. The Kier molecular flexibility index (Phi) is 3.71. The SMILES string of the molecule is Cc1ccc(N)cc1S(=O)C(C)C(=O)NC1CC1. The summed E-state index contributed by atoms with van der Waals surface area (Å²) >= 11 is 0. The van der Waals surface area contributed by atoms with Crippen molar-refractivity contribution in [2.75, 3.05) is 5.73 Å². The van der Waals surface area contributed by atoms with E-state index in [0.29, 0.717) is 16.6 Å². The highest BCUT2D eigenvalue weighted by Gasteiger charge is 2.29. The van der Waals surface area contributed by atoms with E-state index in [1.807, 2.05) is 13.0 Å². The Hall–Kier alpha value is -1.36. The molecule has 1 saturated carbocycles. The molecule has 0 spiro atoms. The zero-order chi connectivity index (χ0) is 13.3. The first-order valence-electron chi connectivity index (χ1n) is 6.06. The first kappa shape index (κ1) is 13.1. The number of anilines is 1. The zero-order valence-electron chi connectivity index (χ0n) is 10.6.